The van der Waals surface area contributed by atoms with Crippen LogP contribution in [0.5, 0.6) is 5.75 Å². The molecular formula is C22H31N5OS. The Bertz CT molecular complexity index is 788. The predicted molar refractivity (Wildman–Crippen MR) is 123 cm³/mol. The molecule has 6 nitrogen and oxygen atoms in total. The highest BCUT2D eigenvalue weighted by Gasteiger charge is 2.13. The molecule has 1 heterocycles. The zero-order valence-electron chi connectivity index (χ0n) is 17.3. The lowest BCUT2D eigenvalue weighted by atomic mass is 9.97. The van der Waals surface area contributed by atoms with Crippen molar-refractivity contribution in [2.75, 3.05) is 17.2 Å². The van der Waals surface area contributed by atoms with Gasteiger partial charge >= 0.3 is 0 Å². The average Bonchev–Trinajstić information content (AvgIpc) is 2.65. The minimum Gasteiger partial charge on any atom is -0.494 e. The SMILES string of the molecule is CCOc1ccc(Nc2cc(C)nc(NC(=S)NC3CCCCCCC3)n2)cc1. The molecule has 0 aliphatic heterocycles. The van der Waals surface area contributed by atoms with Gasteiger partial charge in [0.1, 0.15) is 11.6 Å². The number of thiocarbonyl (C=S) groups is 1. The second-order valence-corrected chi connectivity index (χ2v) is 7.85. The summed E-state index contributed by atoms with van der Waals surface area (Å²) in [6.45, 7) is 4.57. The van der Waals surface area contributed by atoms with Gasteiger partial charge in [-0.2, -0.15) is 4.98 Å². The first kappa shape index (κ1) is 21.3. The van der Waals surface area contributed by atoms with Gasteiger partial charge < -0.3 is 20.7 Å². The van der Waals surface area contributed by atoms with Crippen LogP contribution in [0.3, 0.4) is 0 Å². The quantitative estimate of drug-likeness (QED) is 0.553. The molecule has 1 saturated carbocycles. The van der Waals surface area contributed by atoms with E-state index in [2.05, 4.69) is 25.9 Å². The van der Waals surface area contributed by atoms with E-state index >= 15 is 0 Å². The van der Waals surface area contributed by atoms with Crippen molar-refractivity contribution in [1.29, 1.82) is 0 Å². The van der Waals surface area contributed by atoms with Crippen molar-refractivity contribution >= 4 is 34.8 Å². The van der Waals surface area contributed by atoms with Crippen LogP contribution in [0.25, 0.3) is 0 Å². The molecule has 156 valence electrons. The van der Waals surface area contributed by atoms with Crippen LogP contribution < -0.4 is 20.7 Å². The minimum absolute atomic E-state index is 0.432. The highest BCUT2D eigenvalue weighted by atomic mass is 32.1. The van der Waals surface area contributed by atoms with E-state index in [1.165, 1.54) is 44.9 Å². The molecule has 29 heavy (non-hydrogen) atoms. The molecule has 3 N–H and O–H groups in total. The normalized spacial score (nSPS) is 15.1. The summed E-state index contributed by atoms with van der Waals surface area (Å²) in [5, 5.41) is 10.5. The Balaban J connectivity index is 1.59. The molecule has 2 aromatic rings. The van der Waals surface area contributed by atoms with E-state index in [-0.39, 0.29) is 0 Å². The van der Waals surface area contributed by atoms with Gasteiger partial charge in [-0.25, -0.2) is 4.98 Å². The lowest BCUT2D eigenvalue weighted by Crippen LogP contribution is -2.38. The molecule has 1 aromatic heterocycles. The Morgan fingerprint density at radius 3 is 2.45 bits per heavy atom. The Kier molecular flexibility index (Phi) is 8.04. The number of ether oxygens (including phenoxy) is 1. The molecule has 3 rings (SSSR count). The largest absolute Gasteiger partial charge is 0.494 e. The van der Waals surface area contributed by atoms with Gasteiger partial charge in [0.05, 0.1) is 6.61 Å². The molecule has 0 radical (unpaired) electrons. The topological polar surface area (TPSA) is 71.1 Å². The number of rotatable bonds is 6. The molecule has 0 atom stereocenters. The van der Waals surface area contributed by atoms with E-state index in [0.29, 0.717) is 23.7 Å². The van der Waals surface area contributed by atoms with Crippen LogP contribution in [-0.4, -0.2) is 27.7 Å². The van der Waals surface area contributed by atoms with Gasteiger partial charge in [-0.05, 0) is 63.2 Å². The van der Waals surface area contributed by atoms with Crippen molar-refractivity contribution in [3.05, 3.63) is 36.0 Å². The lowest BCUT2D eigenvalue weighted by Gasteiger charge is -2.22. The molecule has 1 fully saturated rings. The fraction of sp³-hybridized carbons (Fsp3) is 0.500. The van der Waals surface area contributed by atoms with Crippen molar-refractivity contribution in [2.24, 2.45) is 0 Å². The standard InChI is InChI=1S/C22H31N5OS/c1-3-28-19-13-11-18(12-14-19)24-20-15-16(2)23-21(26-20)27-22(29)25-17-9-7-5-4-6-8-10-17/h11-15,17H,3-10H2,1-2H3,(H3,23,24,25,26,27,29). The lowest BCUT2D eigenvalue weighted by molar-refractivity contribution is 0.340. The first-order valence-electron chi connectivity index (χ1n) is 10.6. The molecule has 1 aliphatic carbocycles. The number of nitrogens with zero attached hydrogens (tertiary/aromatic N) is 2. The van der Waals surface area contributed by atoms with Gasteiger partial charge in [-0.15, -0.1) is 0 Å². The van der Waals surface area contributed by atoms with Gasteiger partial charge in [0.2, 0.25) is 5.95 Å². The summed E-state index contributed by atoms with van der Waals surface area (Å²) in [5.41, 5.74) is 1.80. The maximum absolute atomic E-state index is 5.51. The summed E-state index contributed by atoms with van der Waals surface area (Å²) >= 11 is 5.51. The third-order valence-electron chi connectivity index (χ3n) is 4.96. The zero-order valence-corrected chi connectivity index (χ0v) is 18.1. The molecule has 1 aliphatic rings. The van der Waals surface area contributed by atoms with Gasteiger partial charge in [-0.1, -0.05) is 32.1 Å². The highest BCUT2D eigenvalue weighted by Crippen LogP contribution is 2.21. The molecule has 0 bridgehead atoms. The van der Waals surface area contributed by atoms with Gasteiger partial charge in [0.25, 0.3) is 0 Å². The second kappa shape index (κ2) is 11.0. The van der Waals surface area contributed by atoms with E-state index in [9.17, 15) is 0 Å². The first-order chi connectivity index (χ1) is 14.1. The Hall–Kier alpha value is -2.41. The van der Waals surface area contributed by atoms with Crippen LogP contribution in [-0.2, 0) is 0 Å². The second-order valence-electron chi connectivity index (χ2n) is 7.44. The van der Waals surface area contributed by atoms with E-state index in [4.69, 9.17) is 17.0 Å². The fourth-order valence-electron chi connectivity index (χ4n) is 3.56. The average molecular weight is 414 g/mol. The Morgan fingerprint density at radius 1 is 1.07 bits per heavy atom. The van der Waals surface area contributed by atoms with Gasteiger partial charge in [0.15, 0.2) is 5.11 Å². The first-order valence-corrected chi connectivity index (χ1v) is 11.0. The van der Waals surface area contributed by atoms with E-state index in [1.54, 1.807) is 0 Å². The summed E-state index contributed by atoms with van der Waals surface area (Å²) in [5.74, 6) is 2.07. The van der Waals surface area contributed by atoms with Crippen molar-refractivity contribution in [3.63, 3.8) is 0 Å². The number of anilines is 3. The Labute approximate surface area is 178 Å². The van der Waals surface area contributed by atoms with Crippen LogP contribution in [0.15, 0.2) is 30.3 Å². The Morgan fingerprint density at radius 2 is 1.76 bits per heavy atom. The number of hydrogen-bond donors (Lipinski definition) is 3. The highest BCUT2D eigenvalue weighted by molar-refractivity contribution is 7.80. The van der Waals surface area contributed by atoms with Crippen molar-refractivity contribution < 1.29 is 4.74 Å². The number of aryl methyl sites for hydroxylation is 1. The summed E-state index contributed by atoms with van der Waals surface area (Å²) in [7, 11) is 0. The molecule has 7 heteroatoms. The van der Waals surface area contributed by atoms with Gasteiger partial charge in [0, 0.05) is 23.5 Å². The summed E-state index contributed by atoms with van der Waals surface area (Å²) in [6.07, 6.45) is 8.85. The van der Waals surface area contributed by atoms with Crippen molar-refractivity contribution in [2.45, 2.75) is 64.8 Å². The molecule has 0 amide bonds. The van der Waals surface area contributed by atoms with Crippen molar-refractivity contribution in [3.8, 4) is 5.75 Å². The predicted octanol–water partition coefficient (Wildman–Crippen LogP) is 5.33. The van der Waals surface area contributed by atoms with Crippen LogP contribution in [0.2, 0.25) is 0 Å². The third kappa shape index (κ3) is 7.16. The molecule has 1 aromatic carbocycles. The van der Waals surface area contributed by atoms with Crippen LogP contribution in [0.1, 0.15) is 57.6 Å². The summed E-state index contributed by atoms with van der Waals surface area (Å²) in [6, 6.07) is 10.2. The third-order valence-corrected chi connectivity index (χ3v) is 5.18. The van der Waals surface area contributed by atoms with Crippen LogP contribution >= 0.6 is 12.2 Å². The molecule has 0 saturated heterocycles. The van der Waals surface area contributed by atoms with Crippen LogP contribution in [0.4, 0.5) is 17.5 Å². The molecule has 0 spiro atoms. The zero-order chi connectivity index (χ0) is 20.5. The number of benzene rings is 1. The number of aromatic nitrogens is 2. The monoisotopic (exact) mass is 413 g/mol. The fourth-order valence-corrected chi connectivity index (χ4v) is 3.82. The minimum atomic E-state index is 0.432. The van der Waals surface area contributed by atoms with E-state index in [1.807, 2.05) is 44.2 Å². The van der Waals surface area contributed by atoms with Crippen LogP contribution in [0, 0.1) is 6.92 Å². The molecular weight excluding hydrogens is 382 g/mol. The van der Waals surface area contributed by atoms with E-state index in [0.717, 1.165) is 22.9 Å². The van der Waals surface area contributed by atoms with Gasteiger partial charge in [-0.3, -0.25) is 0 Å². The molecule has 0 unspecified atom stereocenters. The smallest absolute Gasteiger partial charge is 0.231 e. The number of hydrogen-bond acceptors (Lipinski definition) is 5. The van der Waals surface area contributed by atoms with E-state index < -0.39 is 0 Å². The number of nitrogens with one attached hydrogen (secondary N) is 3. The summed E-state index contributed by atoms with van der Waals surface area (Å²) in [4.78, 5) is 9.03. The summed E-state index contributed by atoms with van der Waals surface area (Å²) < 4.78 is 5.49. The van der Waals surface area contributed by atoms with Crippen molar-refractivity contribution in [1.82, 2.24) is 15.3 Å². The maximum atomic E-state index is 5.51. The maximum Gasteiger partial charge on any atom is 0.231 e.